The minimum atomic E-state index is -0.392. The maximum absolute atomic E-state index is 13.1. The van der Waals surface area contributed by atoms with Crippen molar-refractivity contribution in [3.8, 4) is 0 Å². The molecule has 3 aromatic rings. The molecule has 9 heteroatoms. The summed E-state index contributed by atoms with van der Waals surface area (Å²) in [5.74, 6) is 0.537. The molecule has 7 nitrogen and oxygen atoms in total. The Bertz CT molecular complexity index is 1330. The van der Waals surface area contributed by atoms with E-state index in [9.17, 15) is 9.59 Å². The van der Waals surface area contributed by atoms with E-state index in [1.165, 1.54) is 17.5 Å². The van der Waals surface area contributed by atoms with Gasteiger partial charge in [0.05, 0.1) is 0 Å². The van der Waals surface area contributed by atoms with Crippen molar-refractivity contribution in [1.82, 2.24) is 10.3 Å². The summed E-state index contributed by atoms with van der Waals surface area (Å²) in [6.45, 7) is 6.42. The molecule has 0 spiro atoms. The van der Waals surface area contributed by atoms with Crippen LogP contribution >= 0.6 is 23.5 Å². The van der Waals surface area contributed by atoms with Gasteiger partial charge in [-0.05, 0) is 116 Å². The molecule has 0 atom stereocenters. The van der Waals surface area contributed by atoms with Crippen LogP contribution < -0.4 is 26.2 Å². The van der Waals surface area contributed by atoms with E-state index >= 15 is 0 Å². The van der Waals surface area contributed by atoms with Crippen LogP contribution in [0.5, 0.6) is 0 Å². The average Bonchev–Trinajstić information content (AvgIpc) is 2.95. The maximum atomic E-state index is 13.1. The standard InChI is InChI=1S/C31H38ClN5O2S/c1-4-21(5-2)18-22-19-27(32)25-11-7-8-12-26(25)29(22)35-30(38)33-23-14-16-24(17-15-23)34-31(39)36-37-40-28-13-9-6-10-20(28)3/h6,9-10,13-17,19,21,37H,4-5,7-8,11-12,18H2,1-3H3,(H2,33,35,38)(H2,34,36,39). The number of hydrazine groups is 1. The lowest BCUT2D eigenvalue weighted by Crippen LogP contribution is -2.36. The van der Waals surface area contributed by atoms with Crippen LogP contribution in [0.25, 0.3) is 0 Å². The number of anilines is 3. The summed E-state index contributed by atoms with van der Waals surface area (Å²) in [6.07, 6.45) is 7.12. The topological polar surface area (TPSA) is 94.3 Å². The summed E-state index contributed by atoms with van der Waals surface area (Å²) < 4.78 is 0. The van der Waals surface area contributed by atoms with E-state index in [-0.39, 0.29) is 6.03 Å². The largest absolute Gasteiger partial charge is 0.334 e. The van der Waals surface area contributed by atoms with Crippen LogP contribution in [0.3, 0.4) is 0 Å². The van der Waals surface area contributed by atoms with Crippen LogP contribution in [0, 0.1) is 12.8 Å². The van der Waals surface area contributed by atoms with Gasteiger partial charge in [0.25, 0.3) is 0 Å². The van der Waals surface area contributed by atoms with Crippen LogP contribution in [0.2, 0.25) is 5.02 Å². The zero-order valence-corrected chi connectivity index (χ0v) is 24.9. The van der Waals surface area contributed by atoms with Gasteiger partial charge in [0.2, 0.25) is 0 Å². The first kappa shape index (κ1) is 29.8. The highest BCUT2D eigenvalue weighted by atomic mass is 35.5. The van der Waals surface area contributed by atoms with Crippen molar-refractivity contribution >= 4 is 52.7 Å². The lowest BCUT2D eigenvalue weighted by molar-refractivity contribution is 0.251. The van der Waals surface area contributed by atoms with Gasteiger partial charge in [-0.2, -0.15) is 4.83 Å². The molecule has 0 saturated carbocycles. The summed E-state index contributed by atoms with van der Waals surface area (Å²) in [5.41, 5.74) is 9.31. The first-order valence-electron chi connectivity index (χ1n) is 13.9. The van der Waals surface area contributed by atoms with Crippen molar-refractivity contribution in [3.63, 3.8) is 0 Å². The van der Waals surface area contributed by atoms with Crippen LogP contribution in [0.1, 0.15) is 61.8 Å². The highest BCUT2D eigenvalue weighted by Crippen LogP contribution is 2.38. The predicted octanol–water partition coefficient (Wildman–Crippen LogP) is 8.48. The van der Waals surface area contributed by atoms with Crippen molar-refractivity contribution in [2.75, 3.05) is 16.0 Å². The minimum Gasteiger partial charge on any atom is -0.308 e. The molecule has 1 aliphatic carbocycles. The molecule has 0 bridgehead atoms. The molecule has 4 amide bonds. The zero-order chi connectivity index (χ0) is 28.5. The maximum Gasteiger partial charge on any atom is 0.334 e. The summed E-state index contributed by atoms with van der Waals surface area (Å²) in [5, 5.41) is 9.68. The monoisotopic (exact) mass is 579 g/mol. The van der Waals surface area contributed by atoms with Gasteiger partial charge in [-0.15, -0.1) is 0 Å². The lowest BCUT2D eigenvalue weighted by Gasteiger charge is -2.25. The van der Waals surface area contributed by atoms with Crippen molar-refractivity contribution in [1.29, 1.82) is 0 Å². The number of fused-ring (bicyclic) bond motifs is 1. The molecule has 5 N–H and O–H groups in total. The number of nitrogens with one attached hydrogen (secondary N) is 5. The highest BCUT2D eigenvalue weighted by Gasteiger charge is 2.22. The van der Waals surface area contributed by atoms with E-state index in [0.29, 0.717) is 17.3 Å². The van der Waals surface area contributed by atoms with E-state index in [2.05, 4.69) is 46.1 Å². The first-order valence-corrected chi connectivity index (χ1v) is 15.1. The first-order chi connectivity index (χ1) is 19.4. The van der Waals surface area contributed by atoms with E-state index in [1.54, 1.807) is 24.3 Å². The summed E-state index contributed by atoms with van der Waals surface area (Å²) in [4.78, 5) is 29.2. The zero-order valence-electron chi connectivity index (χ0n) is 23.3. The molecule has 0 fully saturated rings. The normalized spacial score (nSPS) is 12.5. The third kappa shape index (κ3) is 7.93. The van der Waals surface area contributed by atoms with Gasteiger partial charge >= 0.3 is 12.1 Å². The molecular weight excluding hydrogens is 542 g/mol. The molecule has 0 aliphatic heterocycles. The molecule has 0 radical (unpaired) electrons. The van der Waals surface area contributed by atoms with Crippen molar-refractivity contribution < 1.29 is 9.59 Å². The van der Waals surface area contributed by atoms with Crippen LogP contribution in [0.15, 0.2) is 59.5 Å². The van der Waals surface area contributed by atoms with E-state index in [0.717, 1.165) is 77.2 Å². The Kier molecular flexibility index (Phi) is 10.7. The van der Waals surface area contributed by atoms with Gasteiger partial charge in [0, 0.05) is 27.0 Å². The number of aryl methyl sites for hydroxylation is 1. The Hall–Kier alpha value is -3.20. The Morgan fingerprint density at radius 1 is 0.875 bits per heavy atom. The smallest absolute Gasteiger partial charge is 0.308 e. The lowest BCUT2D eigenvalue weighted by atomic mass is 9.85. The molecule has 0 unspecified atom stereocenters. The van der Waals surface area contributed by atoms with Crippen molar-refractivity contribution in [2.24, 2.45) is 5.92 Å². The number of rotatable bonds is 10. The molecular formula is C31H38ClN5O2S. The Morgan fingerprint density at radius 3 is 2.15 bits per heavy atom. The fourth-order valence-electron chi connectivity index (χ4n) is 5.03. The van der Waals surface area contributed by atoms with Crippen molar-refractivity contribution in [2.45, 2.75) is 70.6 Å². The average molecular weight is 580 g/mol. The Balaban J connectivity index is 1.36. The Labute approximate surface area is 246 Å². The third-order valence-electron chi connectivity index (χ3n) is 7.40. The predicted molar refractivity (Wildman–Crippen MR) is 167 cm³/mol. The van der Waals surface area contributed by atoms with Crippen LogP contribution in [-0.2, 0) is 19.3 Å². The van der Waals surface area contributed by atoms with Gasteiger partial charge in [0.1, 0.15) is 0 Å². The third-order valence-corrected chi connectivity index (χ3v) is 8.62. The number of carbonyl (C=O) groups excluding carboxylic acids is 2. The number of carbonyl (C=O) groups is 2. The second kappa shape index (κ2) is 14.4. The second-order valence-electron chi connectivity index (χ2n) is 10.1. The highest BCUT2D eigenvalue weighted by molar-refractivity contribution is 7.97. The molecule has 1 aliphatic rings. The fraction of sp³-hybridized carbons (Fsp3) is 0.355. The number of hydrogen-bond donors (Lipinski definition) is 5. The quantitative estimate of drug-likeness (QED) is 0.123. The van der Waals surface area contributed by atoms with Gasteiger partial charge in [-0.25, -0.2) is 9.59 Å². The van der Waals surface area contributed by atoms with Crippen LogP contribution in [-0.4, -0.2) is 12.1 Å². The van der Waals surface area contributed by atoms with Gasteiger partial charge in [0.15, 0.2) is 0 Å². The molecule has 0 aromatic heterocycles. The molecule has 0 saturated heterocycles. The summed E-state index contributed by atoms with van der Waals surface area (Å²) in [7, 11) is 0. The second-order valence-corrected chi connectivity index (χ2v) is 11.4. The van der Waals surface area contributed by atoms with Gasteiger partial charge in [-0.1, -0.05) is 56.5 Å². The Morgan fingerprint density at radius 2 is 1.50 bits per heavy atom. The fourth-order valence-corrected chi connectivity index (χ4v) is 6.00. The number of amides is 4. The molecule has 40 heavy (non-hydrogen) atoms. The molecule has 0 heterocycles. The van der Waals surface area contributed by atoms with E-state index in [1.807, 2.05) is 31.2 Å². The number of urea groups is 2. The molecule has 212 valence electrons. The minimum absolute atomic E-state index is 0.295. The van der Waals surface area contributed by atoms with Crippen molar-refractivity contribution in [3.05, 3.63) is 81.9 Å². The number of halogens is 1. The van der Waals surface area contributed by atoms with E-state index < -0.39 is 6.03 Å². The van der Waals surface area contributed by atoms with E-state index in [4.69, 9.17) is 11.6 Å². The summed E-state index contributed by atoms with van der Waals surface area (Å²) in [6, 6.07) is 16.3. The number of benzene rings is 3. The molecule has 4 rings (SSSR count). The van der Waals surface area contributed by atoms with Crippen LogP contribution in [0.4, 0.5) is 26.7 Å². The molecule has 3 aromatic carbocycles. The SMILES string of the molecule is CCC(CC)Cc1cc(Cl)c2c(c1NC(=O)Nc1ccc(NC(=O)NNSc3ccccc3C)cc1)CCCC2. The van der Waals surface area contributed by atoms with Gasteiger partial charge < -0.3 is 16.0 Å². The number of hydrogen-bond acceptors (Lipinski definition) is 4. The summed E-state index contributed by atoms with van der Waals surface area (Å²) >= 11 is 8.03. The van der Waals surface area contributed by atoms with Gasteiger partial charge in [-0.3, -0.25) is 5.43 Å².